The van der Waals surface area contributed by atoms with E-state index in [1.807, 2.05) is 0 Å². The lowest BCUT2D eigenvalue weighted by Crippen LogP contribution is -2.30. The summed E-state index contributed by atoms with van der Waals surface area (Å²) in [6, 6.07) is 30.5. The van der Waals surface area contributed by atoms with E-state index in [1.165, 1.54) is 33.3 Å². The molecule has 1 nitrogen and oxygen atoms in total. The highest BCUT2D eigenvalue weighted by molar-refractivity contribution is 9.10. The topological polar surface area (TPSA) is 3.24 Å². The maximum Gasteiger partial charge on any atom is 0.0604 e. The summed E-state index contributed by atoms with van der Waals surface area (Å²) in [7, 11) is 0. The van der Waals surface area contributed by atoms with Crippen molar-refractivity contribution in [1.29, 1.82) is 0 Å². The normalized spacial score (nSPS) is 14.7. The lowest BCUT2D eigenvalue weighted by molar-refractivity contribution is 0.633. The predicted octanol–water partition coefficient (Wildman–Crippen LogP) is 7.71. The molecule has 27 heavy (non-hydrogen) atoms. The molecule has 5 rings (SSSR count). The van der Waals surface area contributed by atoms with Gasteiger partial charge in [-0.05, 0) is 50.6 Å². The Kier molecular flexibility index (Phi) is 3.66. The first kappa shape index (κ1) is 16.6. The Balaban J connectivity index is 1.95. The maximum absolute atomic E-state index is 3.79. The second-order valence-electron chi connectivity index (χ2n) is 7.61. The van der Waals surface area contributed by atoms with Crippen LogP contribution in [0.3, 0.4) is 0 Å². The summed E-state index contributed by atoms with van der Waals surface area (Å²) in [5, 5.41) is 2.55. The van der Waals surface area contributed by atoms with Crippen molar-refractivity contribution in [2.75, 3.05) is 4.90 Å². The largest absolute Gasteiger partial charge is 0.308 e. The molecule has 4 aromatic rings. The van der Waals surface area contributed by atoms with E-state index in [0.717, 1.165) is 10.2 Å². The lowest BCUT2D eigenvalue weighted by Gasteiger charge is -2.43. The molecule has 0 saturated heterocycles. The Bertz CT molecular complexity index is 1180. The van der Waals surface area contributed by atoms with E-state index in [9.17, 15) is 0 Å². The van der Waals surface area contributed by atoms with Crippen molar-refractivity contribution in [2.24, 2.45) is 0 Å². The fraction of sp³-hybridized carbons (Fsp3) is 0.120. The number of halogens is 1. The molecule has 0 atom stereocenters. The molecule has 0 spiro atoms. The molecule has 0 amide bonds. The van der Waals surface area contributed by atoms with Gasteiger partial charge in [0.25, 0.3) is 0 Å². The zero-order valence-corrected chi connectivity index (χ0v) is 17.0. The van der Waals surface area contributed by atoms with Gasteiger partial charge in [-0.2, -0.15) is 0 Å². The summed E-state index contributed by atoms with van der Waals surface area (Å²) < 4.78 is 1.10. The fourth-order valence-corrected chi connectivity index (χ4v) is 4.81. The SMILES string of the molecule is CC1(C)c2ccccc2N(c2ccccc2Br)c2c1ccc1ccccc21. The standard InChI is InChI=1S/C25H20BrN/c1-25(2)19-11-5-7-13-22(19)27(23-14-8-6-12-21(23)26)24-18-10-4-3-9-17(18)15-16-20(24)25/h3-16H,1-2H3. The van der Waals surface area contributed by atoms with Gasteiger partial charge in [0.05, 0.1) is 17.1 Å². The van der Waals surface area contributed by atoms with E-state index in [1.54, 1.807) is 0 Å². The van der Waals surface area contributed by atoms with Gasteiger partial charge in [0.15, 0.2) is 0 Å². The Morgan fingerprint density at radius 1 is 0.667 bits per heavy atom. The van der Waals surface area contributed by atoms with E-state index >= 15 is 0 Å². The Morgan fingerprint density at radius 3 is 2.15 bits per heavy atom. The smallest absolute Gasteiger partial charge is 0.0604 e. The van der Waals surface area contributed by atoms with Crippen molar-refractivity contribution in [3.63, 3.8) is 0 Å². The van der Waals surface area contributed by atoms with Gasteiger partial charge in [0.2, 0.25) is 0 Å². The summed E-state index contributed by atoms with van der Waals surface area (Å²) in [4.78, 5) is 2.42. The van der Waals surface area contributed by atoms with Crippen LogP contribution in [0, 0.1) is 0 Å². The van der Waals surface area contributed by atoms with Crippen LogP contribution in [-0.4, -0.2) is 0 Å². The van der Waals surface area contributed by atoms with E-state index in [4.69, 9.17) is 0 Å². The van der Waals surface area contributed by atoms with Crippen LogP contribution in [0.1, 0.15) is 25.0 Å². The lowest BCUT2D eigenvalue weighted by atomic mass is 9.72. The average molecular weight is 414 g/mol. The van der Waals surface area contributed by atoms with Crippen LogP contribution in [0.15, 0.2) is 89.4 Å². The quantitative estimate of drug-likeness (QED) is 0.308. The van der Waals surface area contributed by atoms with Crippen LogP contribution in [0.4, 0.5) is 17.1 Å². The third-order valence-corrected chi connectivity index (χ3v) is 6.38. The number of hydrogen-bond donors (Lipinski definition) is 0. The molecule has 2 heteroatoms. The zero-order valence-electron chi connectivity index (χ0n) is 15.4. The molecule has 1 aliphatic heterocycles. The Labute approximate surface area is 168 Å². The first-order chi connectivity index (χ1) is 13.1. The van der Waals surface area contributed by atoms with Crippen molar-refractivity contribution in [1.82, 2.24) is 0 Å². The number of hydrogen-bond acceptors (Lipinski definition) is 1. The molecule has 4 aromatic carbocycles. The van der Waals surface area contributed by atoms with Gasteiger partial charge in [-0.1, -0.05) is 80.6 Å². The first-order valence-electron chi connectivity index (χ1n) is 9.25. The van der Waals surface area contributed by atoms with Gasteiger partial charge >= 0.3 is 0 Å². The maximum atomic E-state index is 3.79. The molecule has 0 saturated carbocycles. The highest BCUT2D eigenvalue weighted by Gasteiger charge is 2.37. The van der Waals surface area contributed by atoms with E-state index in [2.05, 4.69) is 120 Å². The molecule has 132 valence electrons. The van der Waals surface area contributed by atoms with E-state index in [-0.39, 0.29) is 5.41 Å². The number of benzene rings is 4. The minimum absolute atomic E-state index is 0.0618. The number of anilines is 3. The third kappa shape index (κ3) is 2.36. The molecular weight excluding hydrogens is 394 g/mol. The summed E-state index contributed by atoms with van der Waals surface area (Å²) in [5.41, 5.74) is 6.34. The van der Waals surface area contributed by atoms with Crippen molar-refractivity contribution in [2.45, 2.75) is 19.3 Å². The van der Waals surface area contributed by atoms with Gasteiger partial charge < -0.3 is 4.90 Å². The molecule has 0 fully saturated rings. The average Bonchev–Trinajstić information content (AvgIpc) is 2.69. The Hall–Kier alpha value is -2.58. The summed E-state index contributed by atoms with van der Waals surface area (Å²) >= 11 is 3.79. The van der Waals surface area contributed by atoms with Crippen LogP contribution in [0.25, 0.3) is 10.8 Å². The fourth-order valence-electron chi connectivity index (χ4n) is 4.35. The van der Waals surface area contributed by atoms with Crippen molar-refractivity contribution < 1.29 is 0 Å². The van der Waals surface area contributed by atoms with E-state index < -0.39 is 0 Å². The van der Waals surface area contributed by atoms with Crippen LogP contribution in [-0.2, 0) is 5.41 Å². The van der Waals surface area contributed by atoms with Crippen molar-refractivity contribution in [3.8, 4) is 0 Å². The summed E-state index contributed by atoms with van der Waals surface area (Å²) in [5.74, 6) is 0. The number of para-hydroxylation sites is 2. The van der Waals surface area contributed by atoms with Crippen LogP contribution in [0.5, 0.6) is 0 Å². The number of rotatable bonds is 1. The predicted molar refractivity (Wildman–Crippen MR) is 118 cm³/mol. The first-order valence-corrected chi connectivity index (χ1v) is 10.0. The van der Waals surface area contributed by atoms with Gasteiger partial charge in [-0.3, -0.25) is 0 Å². The molecular formula is C25H20BrN. The third-order valence-electron chi connectivity index (χ3n) is 5.71. The van der Waals surface area contributed by atoms with Gasteiger partial charge in [0.1, 0.15) is 0 Å². The Morgan fingerprint density at radius 2 is 1.33 bits per heavy atom. The zero-order chi connectivity index (χ0) is 18.6. The van der Waals surface area contributed by atoms with Crippen molar-refractivity contribution in [3.05, 3.63) is 101 Å². The van der Waals surface area contributed by atoms with Gasteiger partial charge in [0, 0.05) is 15.3 Å². The number of fused-ring (bicyclic) bond motifs is 4. The summed E-state index contributed by atoms with van der Waals surface area (Å²) in [6.07, 6.45) is 0. The van der Waals surface area contributed by atoms with Crippen LogP contribution < -0.4 is 4.90 Å². The molecule has 0 aliphatic carbocycles. The second-order valence-corrected chi connectivity index (χ2v) is 8.47. The second kappa shape index (κ2) is 5.97. The molecule has 0 radical (unpaired) electrons. The van der Waals surface area contributed by atoms with Crippen LogP contribution in [0.2, 0.25) is 0 Å². The summed E-state index contributed by atoms with van der Waals surface area (Å²) in [6.45, 7) is 4.66. The minimum atomic E-state index is -0.0618. The highest BCUT2D eigenvalue weighted by atomic mass is 79.9. The minimum Gasteiger partial charge on any atom is -0.308 e. The molecule has 1 aliphatic rings. The van der Waals surface area contributed by atoms with Gasteiger partial charge in [-0.25, -0.2) is 0 Å². The van der Waals surface area contributed by atoms with Crippen molar-refractivity contribution >= 4 is 43.8 Å². The highest BCUT2D eigenvalue weighted by Crippen LogP contribution is 2.54. The van der Waals surface area contributed by atoms with E-state index in [0.29, 0.717) is 0 Å². The molecule has 0 N–H and O–H groups in total. The molecule has 0 aromatic heterocycles. The van der Waals surface area contributed by atoms with Gasteiger partial charge in [-0.15, -0.1) is 0 Å². The monoisotopic (exact) mass is 413 g/mol. The molecule has 0 bridgehead atoms. The molecule has 1 heterocycles. The molecule has 0 unspecified atom stereocenters. The van der Waals surface area contributed by atoms with Crippen LogP contribution >= 0.6 is 15.9 Å². The number of nitrogens with zero attached hydrogens (tertiary/aromatic N) is 1.